The van der Waals surface area contributed by atoms with Crippen molar-refractivity contribution >= 4 is 23.6 Å². The van der Waals surface area contributed by atoms with Crippen LogP contribution in [0.1, 0.15) is 0 Å². The third-order valence-electron chi connectivity index (χ3n) is 7.17. The van der Waals surface area contributed by atoms with Crippen LogP contribution in [0.2, 0.25) is 0 Å². The van der Waals surface area contributed by atoms with Crippen LogP contribution in [0.5, 0.6) is 0 Å². The Morgan fingerprint density at radius 1 is 0.654 bits per heavy atom. The van der Waals surface area contributed by atoms with Gasteiger partial charge in [-0.1, -0.05) is 12.2 Å². The third-order valence-corrected chi connectivity index (χ3v) is 7.17. The molecule has 6 rings (SSSR count). The number of carbonyl (C=O) groups excluding carboxylic acids is 4. The molecule has 4 amide bonds. The fourth-order valence-electron chi connectivity index (χ4n) is 6.37. The highest BCUT2D eigenvalue weighted by Crippen LogP contribution is 2.68. The molecule has 0 radical (unpaired) electrons. The van der Waals surface area contributed by atoms with Gasteiger partial charge < -0.3 is 10.2 Å². The third kappa shape index (κ3) is 1.63. The van der Waals surface area contributed by atoms with Gasteiger partial charge in [0, 0.05) is 0 Å². The van der Waals surface area contributed by atoms with E-state index >= 15 is 0 Å². The van der Waals surface area contributed by atoms with Gasteiger partial charge in [0.2, 0.25) is 23.6 Å². The maximum atomic E-state index is 12.8. The zero-order valence-electron chi connectivity index (χ0n) is 14.0. The fourth-order valence-corrected chi connectivity index (χ4v) is 6.37. The molecule has 2 N–H and O–H groups in total. The Bertz CT molecular complexity index is 707. The van der Waals surface area contributed by atoms with E-state index in [9.17, 15) is 19.2 Å². The van der Waals surface area contributed by atoms with Gasteiger partial charge in [-0.15, -0.1) is 0 Å². The first-order chi connectivity index (χ1) is 12.5. The fraction of sp³-hybridized carbons (Fsp3) is 0.667. The number of hydrogen-bond donors (Lipinski definition) is 2. The minimum atomic E-state index is -0.485. The van der Waals surface area contributed by atoms with E-state index in [1.165, 1.54) is 0 Å². The Balaban J connectivity index is 1.51. The van der Waals surface area contributed by atoms with Gasteiger partial charge in [0.25, 0.3) is 0 Å². The first-order valence-electron chi connectivity index (χ1n) is 9.13. The lowest BCUT2D eigenvalue weighted by Gasteiger charge is -2.60. The van der Waals surface area contributed by atoms with Crippen molar-refractivity contribution in [3.63, 3.8) is 0 Å². The second-order valence-corrected chi connectivity index (χ2v) is 7.90. The summed E-state index contributed by atoms with van der Waals surface area (Å²) in [4.78, 5) is 53.2. The molecule has 2 heterocycles. The van der Waals surface area contributed by atoms with Gasteiger partial charge in [-0.2, -0.15) is 0 Å². The van der Waals surface area contributed by atoms with Gasteiger partial charge in [0.05, 0.1) is 50.0 Å². The number of fused-ring (bicyclic) bond motifs is 1. The molecule has 2 saturated heterocycles. The molecule has 0 unspecified atom stereocenters. The highest BCUT2D eigenvalue weighted by atomic mass is 16.3. The molecule has 4 aliphatic carbocycles. The smallest absolute Gasteiger partial charge is 0.233 e. The van der Waals surface area contributed by atoms with E-state index < -0.39 is 23.7 Å². The number of carbonyl (C=O) groups is 4. The summed E-state index contributed by atoms with van der Waals surface area (Å²) in [5.41, 5.74) is 0. The van der Waals surface area contributed by atoms with Crippen molar-refractivity contribution in [3.8, 4) is 0 Å². The molecule has 8 nitrogen and oxygen atoms in total. The summed E-state index contributed by atoms with van der Waals surface area (Å²) >= 11 is 0. The number of aliphatic hydroxyl groups is 2. The number of amides is 4. The van der Waals surface area contributed by atoms with Crippen LogP contribution in [0.25, 0.3) is 0 Å². The van der Waals surface area contributed by atoms with Crippen LogP contribution in [0.15, 0.2) is 12.2 Å². The lowest BCUT2D eigenvalue weighted by atomic mass is 9.40. The molecule has 8 atom stereocenters. The van der Waals surface area contributed by atoms with Gasteiger partial charge in [-0.3, -0.25) is 29.0 Å². The molecule has 0 aromatic carbocycles. The Morgan fingerprint density at radius 2 is 1.00 bits per heavy atom. The number of β-amino-alcohol motifs (C(OH)–C–C–N with tert-alkyl or cyclic N) is 2. The van der Waals surface area contributed by atoms with Crippen molar-refractivity contribution < 1.29 is 29.4 Å². The molecule has 2 bridgehead atoms. The number of rotatable bonds is 4. The van der Waals surface area contributed by atoms with E-state index in [0.717, 1.165) is 9.80 Å². The molecular weight excluding hydrogens is 340 g/mol. The zero-order chi connectivity index (χ0) is 18.3. The monoisotopic (exact) mass is 360 g/mol. The van der Waals surface area contributed by atoms with E-state index in [4.69, 9.17) is 10.2 Å². The number of imide groups is 2. The highest BCUT2D eigenvalue weighted by molar-refractivity contribution is 6.09. The van der Waals surface area contributed by atoms with Crippen molar-refractivity contribution in [2.45, 2.75) is 0 Å². The van der Waals surface area contributed by atoms with Crippen molar-refractivity contribution in [2.24, 2.45) is 47.3 Å². The molecule has 0 spiro atoms. The van der Waals surface area contributed by atoms with E-state index in [2.05, 4.69) is 0 Å². The number of hydrogen-bond acceptors (Lipinski definition) is 6. The summed E-state index contributed by atoms with van der Waals surface area (Å²) in [6.45, 7) is -0.545. The molecule has 0 aromatic rings. The summed E-state index contributed by atoms with van der Waals surface area (Å²) in [5, 5.41) is 18.3. The normalized spacial score (nSPS) is 45.2. The summed E-state index contributed by atoms with van der Waals surface area (Å²) in [7, 11) is 0. The van der Waals surface area contributed by atoms with Crippen molar-refractivity contribution in [1.82, 2.24) is 9.80 Å². The quantitative estimate of drug-likeness (QED) is 0.453. The molecule has 26 heavy (non-hydrogen) atoms. The van der Waals surface area contributed by atoms with Gasteiger partial charge in [0.1, 0.15) is 0 Å². The molecular formula is C18H20N2O6. The molecule has 138 valence electrons. The van der Waals surface area contributed by atoms with Crippen LogP contribution in [-0.4, -0.2) is 69.9 Å². The minimum absolute atomic E-state index is 0.00185. The highest BCUT2D eigenvalue weighted by Gasteiger charge is 2.74. The Morgan fingerprint density at radius 3 is 1.35 bits per heavy atom. The molecule has 4 fully saturated rings. The zero-order valence-corrected chi connectivity index (χ0v) is 14.0. The van der Waals surface area contributed by atoms with Crippen molar-refractivity contribution in [3.05, 3.63) is 12.2 Å². The number of aliphatic hydroxyl groups excluding tert-OH is 2. The maximum Gasteiger partial charge on any atom is 0.233 e. The standard InChI is InChI=1S/C18H20N2O6/c21-5-3-19-15(23)11-7-1-2-8(12(11)16(19)24)10-9(7)13-14(10)18(26)20(4-6-22)17(13)25/h1-2,7-14,21-22H,3-6H2/t7-,8-,9-,10-,11+,12+,13-,14-/m1/s1. The first kappa shape index (κ1) is 16.1. The number of allylic oxidation sites excluding steroid dienone is 2. The van der Waals surface area contributed by atoms with Gasteiger partial charge >= 0.3 is 0 Å². The SMILES string of the molecule is O=C1[C@H]2[C@@H]3C=C[C@@H]([C@@H]2C(=O)N1CCO)[C@H]1[C@H]2C(=O)N(CCO)C(=O)[C@@H]2[C@H]31. The summed E-state index contributed by atoms with van der Waals surface area (Å²) in [6.07, 6.45) is 3.90. The number of nitrogens with zero attached hydrogens (tertiary/aromatic N) is 2. The van der Waals surface area contributed by atoms with Crippen molar-refractivity contribution in [2.75, 3.05) is 26.3 Å². The van der Waals surface area contributed by atoms with Gasteiger partial charge in [-0.05, 0) is 23.7 Å². The first-order valence-corrected chi connectivity index (χ1v) is 9.13. The topological polar surface area (TPSA) is 115 Å². The Hall–Kier alpha value is -2.06. The lowest BCUT2D eigenvalue weighted by molar-refractivity contribution is -0.166. The van der Waals surface area contributed by atoms with Crippen LogP contribution in [0, 0.1) is 47.3 Å². The molecule has 8 heteroatoms. The van der Waals surface area contributed by atoms with E-state index in [1.807, 2.05) is 12.2 Å². The molecule has 6 aliphatic rings. The van der Waals surface area contributed by atoms with E-state index in [1.54, 1.807) is 0 Å². The van der Waals surface area contributed by atoms with Crippen LogP contribution in [-0.2, 0) is 19.2 Å². The Kier molecular flexibility index (Phi) is 3.25. The molecule has 2 saturated carbocycles. The summed E-state index contributed by atoms with van der Waals surface area (Å²) in [6, 6.07) is 0. The molecule has 2 aliphatic heterocycles. The van der Waals surface area contributed by atoms with Crippen LogP contribution in [0.4, 0.5) is 0 Å². The van der Waals surface area contributed by atoms with Crippen LogP contribution >= 0.6 is 0 Å². The minimum Gasteiger partial charge on any atom is -0.395 e. The lowest BCUT2D eigenvalue weighted by Crippen LogP contribution is -2.63. The second-order valence-electron chi connectivity index (χ2n) is 7.90. The predicted molar refractivity (Wildman–Crippen MR) is 84.7 cm³/mol. The maximum absolute atomic E-state index is 12.8. The van der Waals surface area contributed by atoms with Crippen LogP contribution < -0.4 is 0 Å². The second kappa shape index (κ2) is 5.23. The van der Waals surface area contributed by atoms with Crippen molar-refractivity contribution in [1.29, 1.82) is 0 Å². The number of likely N-dealkylation sites (tertiary alicyclic amines) is 2. The largest absolute Gasteiger partial charge is 0.395 e. The Labute approximate surface area is 149 Å². The predicted octanol–water partition coefficient (Wildman–Crippen LogP) is -1.76. The summed E-state index contributed by atoms with van der Waals surface area (Å²) in [5.74, 6) is -3.51. The average molecular weight is 360 g/mol. The van der Waals surface area contributed by atoms with Gasteiger partial charge in [0.15, 0.2) is 0 Å². The van der Waals surface area contributed by atoms with E-state index in [-0.39, 0.29) is 73.6 Å². The van der Waals surface area contributed by atoms with E-state index in [0.29, 0.717) is 0 Å². The van der Waals surface area contributed by atoms with Crippen LogP contribution in [0.3, 0.4) is 0 Å². The molecule has 0 aromatic heterocycles. The van der Waals surface area contributed by atoms with Gasteiger partial charge in [-0.25, -0.2) is 0 Å². The average Bonchev–Trinajstić information content (AvgIpc) is 2.97. The summed E-state index contributed by atoms with van der Waals surface area (Å²) < 4.78 is 0.